The van der Waals surface area contributed by atoms with Crippen LogP contribution in [0, 0.1) is 11.8 Å². The fourth-order valence-corrected chi connectivity index (χ4v) is 3.10. The third-order valence-electron chi connectivity index (χ3n) is 4.59. The van der Waals surface area contributed by atoms with Gasteiger partial charge in [0.2, 0.25) is 11.8 Å². The number of hydrogen-bond acceptors (Lipinski definition) is 6. The van der Waals surface area contributed by atoms with E-state index in [0.717, 1.165) is 0 Å². The van der Waals surface area contributed by atoms with Gasteiger partial charge in [-0.25, -0.2) is 5.43 Å². The highest BCUT2D eigenvalue weighted by Gasteiger charge is 2.37. The molecule has 27 heavy (non-hydrogen) atoms. The molecule has 3 N–H and O–H groups in total. The number of carbonyl (C=O) groups excluding carboxylic acids is 4. The Balaban J connectivity index is 2.12. The summed E-state index contributed by atoms with van der Waals surface area (Å²) in [5.41, 5.74) is 8.47. The highest BCUT2D eigenvalue weighted by molar-refractivity contribution is 6.02. The Hall–Kier alpha value is -2.81. The van der Waals surface area contributed by atoms with Crippen LogP contribution in [-0.2, 0) is 14.4 Å². The average Bonchev–Trinajstić information content (AvgIpc) is 2.82. The molecule has 0 aliphatic carbocycles. The minimum atomic E-state index is -0.995. The van der Waals surface area contributed by atoms with Crippen molar-refractivity contribution in [2.24, 2.45) is 17.6 Å². The smallest absolute Gasteiger partial charge is 0.286 e. The van der Waals surface area contributed by atoms with E-state index in [0.29, 0.717) is 13.0 Å². The van der Waals surface area contributed by atoms with E-state index in [1.807, 2.05) is 0 Å². The number of nitrogens with two attached hydrogens (primary N) is 1. The van der Waals surface area contributed by atoms with Crippen LogP contribution in [0.4, 0.5) is 0 Å². The number of aromatic nitrogens is 1. The maximum atomic E-state index is 12.7. The van der Waals surface area contributed by atoms with E-state index < -0.39 is 29.7 Å². The maximum Gasteiger partial charge on any atom is 0.286 e. The lowest BCUT2D eigenvalue weighted by Crippen LogP contribution is -2.50. The van der Waals surface area contributed by atoms with Crippen molar-refractivity contribution in [2.75, 3.05) is 20.1 Å². The van der Waals surface area contributed by atoms with Crippen molar-refractivity contribution in [3.8, 4) is 0 Å². The van der Waals surface area contributed by atoms with Gasteiger partial charge in [0, 0.05) is 19.8 Å². The lowest BCUT2D eigenvalue weighted by atomic mass is 9.92. The molecule has 0 radical (unpaired) electrons. The fourth-order valence-electron chi connectivity index (χ4n) is 3.10. The number of carbonyl (C=O) groups is 4. The van der Waals surface area contributed by atoms with Crippen molar-refractivity contribution < 1.29 is 19.2 Å². The Morgan fingerprint density at radius 2 is 2.04 bits per heavy atom. The van der Waals surface area contributed by atoms with Gasteiger partial charge in [-0.05, 0) is 24.5 Å². The molecule has 1 fully saturated rings. The van der Waals surface area contributed by atoms with Crippen molar-refractivity contribution >= 4 is 23.5 Å². The zero-order valence-electron chi connectivity index (χ0n) is 15.7. The quantitative estimate of drug-likeness (QED) is 0.674. The molecule has 0 unspecified atom stereocenters. The SMILES string of the molecule is CC(C)[C@@H](C(N)=O)C(=O)N(C)[C@H]1CCNN(C(=O)c2ccccn2)CC1=O. The van der Waals surface area contributed by atoms with Gasteiger partial charge in [0.05, 0.1) is 12.6 Å². The first-order valence-electron chi connectivity index (χ1n) is 8.79. The first-order valence-corrected chi connectivity index (χ1v) is 8.79. The van der Waals surface area contributed by atoms with Gasteiger partial charge in [-0.1, -0.05) is 19.9 Å². The number of Topliss-reactive ketones (excluding diaryl/α,β-unsaturated/α-hetero) is 1. The molecule has 9 heteroatoms. The first-order chi connectivity index (χ1) is 12.7. The van der Waals surface area contributed by atoms with Gasteiger partial charge in [0.15, 0.2) is 5.78 Å². The monoisotopic (exact) mass is 375 g/mol. The van der Waals surface area contributed by atoms with Gasteiger partial charge in [0.1, 0.15) is 11.6 Å². The number of nitrogens with zero attached hydrogens (tertiary/aromatic N) is 3. The number of likely N-dealkylation sites (N-methyl/N-ethyl adjacent to an activating group) is 1. The zero-order chi connectivity index (χ0) is 20.1. The second-order valence-corrected chi connectivity index (χ2v) is 6.86. The normalized spacial score (nSPS) is 18.7. The van der Waals surface area contributed by atoms with Crippen LogP contribution in [0.2, 0.25) is 0 Å². The van der Waals surface area contributed by atoms with Crippen molar-refractivity contribution in [3.05, 3.63) is 30.1 Å². The van der Waals surface area contributed by atoms with Gasteiger partial charge in [-0.3, -0.25) is 29.2 Å². The Labute approximate surface area is 157 Å². The molecular formula is C18H25N5O4. The highest BCUT2D eigenvalue weighted by Crippen LogP contribution is 2.18. The fraction of sp³-hybridized carbons (Fsp3) is 0.500. The molecule has 0 bridgehead atoms. The Kier molecular flexibility index (Phi) is 6.62. The largest absolute Gasteiger partial charge is 0.369 e. The van der Waals surface area contributed by atoms with E-state index in [2.05, 4.69) is 10.4 Å². The maximum absolute atomic E-state index is 12.7. The molecule has 146 valence electrons. The molecule has 9 nitrogen and oxygen atoms in total. The molecule has 1 saturated heterocycles. The summed E-state index contributed by atoms with van der Waals surface area (Å²) in [6.07, 6.45) is 1.81. The molecule has 3 amide bonds. The van der Waals surface area contributed by atoms with Crippen LogP contribution >= 0.6 is 0 Å². The van der Waals surface area contributed by atoms with Gasteiger partial charge in [-0.2, -0.15) is 0 Å². The van der Waals surface area contributed by atoms with Crippen LogP contribution in [0.25, 0.3) is 0 Å². The molecular weight excluding hydrogens is 350 g/mol. The number of pyridine rings is 1. The summed E-state index contributed by atoms with van der Waals surface area (Å²) in [5.74, 6) is -3.19. The van der Waals surface area contributed by atoms with Crippen LogP contribution in [0.1, 0.15) is 30.8 Å². The summed E-state index contributed by atoms with van der Waals surface area (Å²) in [6, 6.07) is 4.20. The third kappa shape index (κ3) is 4.68. The summed E-state index contributed by atoms with van der Waals surface area (Å²) in [6.45, 7) is 3.56. The second kappa shape index (κ2) is 8.72. The standard InChI is InChI=1S/C18H25N5O4/c1-11(2)15(16(19)25)18(27)22(3)13-7-9-21-23(10-14(13)24)17(26)12-6-4-5-8-20-12/h4-6,8,11,13,15,21H,7,9-10H2,1-3H3,(H2,19,25)/t13-,15-/m0/s1. The molecule has 2 heterocycles. The third-order valence-corrected chi connectivity index (χ3v) is 4.59. The Bertz CT molecular complexity index is 722. The predicted molar refractivity (Wildman–Crippen MR) is 97.0 cm³/mol. The molecule has 1 aliphatic rings. The topological polar surface area (TPSA) is 126 Å². The van der Waals surface area contributed by atoms with E-state index in [9.17, 15) is 19.2 Å². The second-order valence-electron chi connectivity index (χ2n) is 6.86. The van der Waals surface area contributed by atoms with Crippen LogP contribution in [0.3, 0.4) is 0 Å². The number of ketones is 1. The average molecular weight is 375 g/mol. The van der Waals surface area contributed by atoms with Gasteiger partial charge in [0.25, 0.3) is 5.91 Å². The van der Waals surface area contributed by atoms with Crippen LogP contribution < -0.4 is 11.2 Å². The number of hydrogen-bond donors (Lipinski definition) is 2. The lowest BCUT2D eigenvalue weighted by Gasteiger charge is -2.29. The Morgan fingerprint density at radius 1 is 1.33 bits per heavy atom. The van der Waals surface area contributed by atoms with E-state index in [4.69, 9.17) is 5.73 Å². The summed E-state index contributed by atoms with van der Waals surface area (Å²) in [7, 11) is 1.49. The number of primary amides is 1. The molecule has 0 aromatic carbocycles. The summed E-state index contributed by atoms with van der Waals surface area (Å²) < 4.78 is 0. The van der Waals surface area contributed by atoms with Crippen LogP contribution in [0.15, 0.2) is 24.4 Å². The summed E-state index contributed by atoms with van der Waals surface area (Å²) in [5, 5.41) is 1.21. The van der Waals surface area contributed by atoms with Crippen molar-refractivity contribution in [2.45, 2.75) is 26.3 Å². The zero-order valence-corrected chi connectivity index (χ0v) is 15.7. The van der Waals surface area contributed by atoms with E-state index >= 15 is 0 Å². The van der Waals surface area contributed by atoms with Crippen LogP contribution in [0.5, 0.6) is 0 Å². The molecule has 2 atom stereocenters. The minimum Gasteiger partial charge on any atom is -0.369 e. The van der Waals surface area contributed by atoms with Gasteiger partial charge >= 0.3 is 0 Å². The van der Waals surface area contributed by atoms with E-state index in [1.54, 1.807) is 32.0 Å². The molecule has 0 saturated carbocycles. The van der Waals surface area contributed by atoms with Crippen molar-refractivity contribution in [1.82, 2.24) is 20.3 Å². The number of amides is 3. The highest BCUT2D eigenvalue weighted by atomic mass is 16.2. The van der Waals surface area contributed by atoms with Gasteiger partial charge in [-0.15, -0.1) is 0 Å². The first kappa shape index (κ1) is 20.5. The molecule has 1 aromatic rings. The number of nitrogens with one attached hydrogen (secondary N) is 1. The molecule has 2 rings (SSSR count). The van der Waals surface area contributed by atoms with Crippen molar-refractivity contribution in [1.29, 1.82) is 0 Å². The predicted octanol–water partition coefficient (Wildman–Crippen LogP) is -0.414. The molecule has 1 aromatic heterocycles. The van der Waals surface area contributed by atoms with Gasteiger partial charge < -0.3 is 10.6 Å². The molecule has 0 spiro atoms. The van der Waals surface area contributed by atoms with Crippen LogP contribution in [-0.4, -0.2) is 64.6 Å². The number of hydrazine groups is 1. The lowest BCUT2D eigenvalue weighted by molar-refractivity contribution is -0.146. The summed E-state index contributed by atoms with van der Waals surface area (Å²) >= 11 is 0. The summed E-state index contributed by atoms with van der Waals surface area (Å²) in [4.78, 5) is 54.8. The van der Waals surface area contributed by atoms with Crippen molar-refractivity contribution in [3.63, 3.8) is 0 Å². The van der Waals surface area contributed by atoms with E-state index in [-0.39, 0.29) is 23.9 Å². The minimum absolute atomic E-state index is 0.208. The van der Waals surface area contributed by atoms with E-state index in [1.165, 1.54) is 23.2 Å². The number of rotatable bonds is 5. The molecule has 1 aliphatic heterocycles. The Morgan fingerprint density at radius 3 is 2.59 bits per heavy atom.